The Morgan fingerprint density at radius 2 is 2.17 bits per heavy atom. The molecule has 0 saturated heterocycles. The summed E-state index contributed by atoms with van der Waals surface area (Å²) in [5.41, 5.74) is 1.65. The van der Waals surface area contributed by atoms with E-state index in [1.165, 1.54) is 12.8 Å². The van der Waals surface area contributed by atoms with Crippen LogP contribution in [0.1, 0.15) is 60.2 Å². The molecule has 1 N–H and O–H groups in total. The first kappa shape index (κ1) is 17.0. The predicted octanol–water partition coefficient (Wildman–Crippen LogP) is 3.36. The van der Waals surface area contributed by atoms with Gasteiger partial charge in [-0.25, -0.2) is 0 Å². The molecule has 1 aromatic carbocycles. The Balaban J connectivity index is 1.58. The van der Waals surface area contributed by atoms with E-state index in [-0.39, 0.29) is 5.91 Å². The number of aryl methyl sites for hydroxylation is 1. The van der Waals surface area contributed by atoms with Crippen molar-refractivity contribution in [3.8, 4) is 0 Å². The minimum atomic E-state index is -0.106. The van der Waals surface area contributed by atoms with Crippen molar-refractivity contribution in [2.75, 3.05) is 6.54 Å². The van der Waals surface area contributed by atoms with Crippen LogP contribution in [0.3, 0.4) is 0 Å². The highest BCUT2D eigenvalue weighted by Crippen LogP contribution is 2.25. The fraction of sp³-hybridized carbons (Fsp3) is 0.500. The molecule has 0 spiro atoms. The number of carbonyl (C=O) groups excluding carboxylic acids is 1. The molecule has 1 aromatic heterocycles. The largest absolute Gasteiger partial charge is 0.352 e. The zero-order chi connectivity index (χ0) is 17.1. The van der Waals surface area contributed by atoms with E-state index >= 15 is 0 Å². The average Bonchev–Trinajstić information content (AvgIpc) is 2.97. The fourth-order valence-corrected chi connectivity index (χ4v) is 3.48. The number of benzene rings is 1. The Bertz CT molecular complexity index is 739. The summed E-state index contributed by atoms with van der Waals surface area (Å²) >= 11 is 6.26. The molecule has 1 aliphatic rings. The summed E-state index contributed by atoms with van der Waals surface area (Å²) in [6.45, 7) is 5.69. The topological polar surface area (TPSA) is 59.8 Å². The van der Waals surface area contributed by atoms with Crippen LogP contribution in [0.25, 0.3) is 0 Å². The van der Waals surface area contributed by atoms with Crippen LogP contribution in [-0.4, -0.2) is 27.2 Å². The van der Waals surface area contributed by atoms with Gasteiger partial charge in [0.25, 0.3) is 5.91 Å². The summed E-state index contributed by atoms with van der Waals surface area (Å²) in [6, 6.07) is 5.50. The second-order valence-electron chi connectivity index (χ2n) is 6.54. The third-order valence-corrected chi connectivity index (χ3v) is 4.78. The SMILES string of the molecule is CC(C)c1ccc(C(=O)NCCc2nnc3n2CCCC3)cc1Cl. The molecule has 2 aromatic rings. The summed E-state index contributed by atoms with van der Waals surface area (Å²) in [6.07, 6.45) is 4.05. The highest BCUT2D eigenvalue weighted by molar-refractivity contribution is 6.31. The lowest BCUT2D eigenvalue weighted by molar-refractivity contribution is 0.0954. The van der Waals surface area contributed by atoms with Crippen molar-refractivity contribution in [3.05, 3.63) is 46.0 Å². The molecule has 1 aliphatic heterocycles. The van der Waals surface area contributed by atoms with Crippen LogP contribution in [0.15, 0.2) is 18.2 Å². The van der Waals surface area contributed by atoms with E-state index in [1.54, 1.807) is 6.07 Å². The Morgan fingerprint density at radius 1 is 1.33 bits per heavy atom. The number of fused-ring (bicyclic) bond motifs is 1. The van der Waals surface area contributed by atoms with Crippen molar-refractivity contribution in [2.24, 2.45) is 0 Å². The molecule has 0 unspecified atom stereocenters. The molecule has 128 valence electrons. The normalized spacial score (nSPS) is 13.8. The van der Waals surface area contributed by atoms with Gasteiger partial charge in [0.2, 0.25) is 0 Å². The van der Waals surface area contributed by atoms with E-state index in [0.717, 1.165) is 30.2 Å². The van der Waals surface area contributed by atoms with E-state index in [0.29, 0.717) is 29.5 Å². The first-order valence-electron chi connectivity index (χ1n) is 8.55. The highest BCUT2D eigenvalue weighted by Gasteiger charge is 2.16. The van der Waals surface area contributed by atoms with Gasteiger partial charge in [0.15, 0.2) is 0 Å². The molecule has 3 rings (SSSR count). The van der Waals surface area contributed by atoms with E-state index in [1.807, 2.05) is 12.1 Å². The minimum Gasteiger partial charge on any atom is -0.352 e. The lowest BCUT2D eigenvalue weighted by atomic mass is 10.0. The summed E-state index contributed by atoms with van der Waals surface area (Å²) in [5.74, 6) is 2.26. The average molecular weight is 347 g/mol. The Hall–Kier alpha value is -1.88. The standard InChI is InChI=1S/C18H23ClN4O/c1-12(2)14-7-6-13(11-15(14)19)18(24)20-9-8-17-22-21-16-5-3-4-10-23(16)17/h6-7,11-12H,3-5,8-10H2,1-2H3,(H,20,24). The van der Waals surface area contributed by atoms with Crippen LogP contribution in [-0.2, 0) is 19.4 Å². The summed E-state index contributed by atoms with van der Waals surface area (Å²) in [7, 11) is 0. The van der Waals surface area contributed by atoms with Gasteiger partial charge in [0.1, 0.15) is 11.6 Å². The minimum absolute atomic E-state index is 0.106. The molecule has 0 saturated carbocycles. The number of amides is 1. The van der Waals surface area contributed by atoms with Crippen molar-refractivity contribution >= 4 is 17.5 Å². The Labute approximate surface area is 147 Å². The van der Waals surface area contributed by atoms with Crippen LogP contribution in [0.2, 0.25) is 5.02 Å². The number of hydrogen-bond acceptors (Lipinski definition) is 3. The molecule has 2 heterocycles. The van der Waals surface area contributed by atoms with E-state index in [9.17, 15) is 4.79 Å². The van der Waals surface area contributed by atoms with Crippen LogP contribution >= 0.6 is 11.6 Å². The smallest absolute Gasteiger partial charge is 0.251 e. The number of rotatable bonds is 5. The monoisotopic (exact) mass is 346 g/mol. The maximum absolute atomic E-state index is 12.3. The summed E-state index contributed by atoms with van der Waals surface area (Å²) in [5, 5.41) is 12.1. The molecule has 0 bridgehead atoms. The molecular weight excluding hydrogens is 324 g/mol. The van der Waals surface area contributed by atoms with Gasteiger partial charge in [0, 0.05) is 36.5 Å². The van der Waals surface area contributed by atoms with Gasteiger partial charge in [0.05, 0.1) is 0 Å². The molecule has 0 radical (unpaired) electrons. The molecule has 1 amide bonds. The Morgan fingerprint density at radius 3 is 2.92 bits per heavy atom. The lowest BCUT2D eigenvalue weighted by Gasteiger charge is -2.14. The van der Waals surface area contributed by atoms with Crippen LogP contribution < -0.4 is 5.32 Å². The maximum atomic E-state index is 12.3. The van der Waals surface area contributed by atoms with Gasteiger partial charge in [-0.15, -0.1) is 10.2 Å². The van der Waals surface area contributed by atoms with E-state index in [2.05, 4.69) is 33.9 Å². The molecule has 0 aliphatic carbocycles. The van der Waals surface area contributed by atoms with Gasteiger partial charge < -0.3 is 9.88 Å². The second-order valence-corrected chi connectivity index (χ2v) is 6.95. The Kier molecular flexibility index (Phi) is 5.19. The molecule has 0 atom stereocenters. The number of nitrogens with one attached hydrogen (secondary N) is 1. The third-order valence-electron chi connectivity index (χ3n) is 4.45. The molecule has 24 heavy (non-hydrogen) atoms. The van der Waals surface area contributed by atoms with E-state index in [4.69, 9.17) is 11.6 Å². The molecular formula is C18H23ClN4O. The number of carbonyl (C=O) groups is 1. The molecule has 5 nitrogen and oxygen atoms in total. The molecule has 6 heteroatoms. The highest BCUT2D eigenvalue weighted by atomic mass is 35.5. The number of hydrogen-bond donors (Lipinski definition) is 1. The zero-order valence-corrected chi connectivity index (χ0v) is 14.9. The first-order valence-corrected chi connectivity index (χ1v) is 8.92. The third kappa shape index (κ3) is 3.61. The first-order chi connectivity index (χ1) is 11.6. The summed E-state index contributed by atoms with van der Waals surface area (Å²) in [4.78, 5) is 12.3. The lowest BCUT2D eigenvalue weighted by Crippen LogP contribution is -2.27. The zero-order valence-electron chi connectivity index (χ0n) is 14.2. The van der Waals surface area contributed by atoms with Crippen molar-refractivity contribution in [1.29, 1.82) is 0 Å². The van der Waals surface area contributed by atoms with Crippen molar-refractivity contribution in [3.63, 3.8) is 0 Å². The number of nitrogens with zero attached hydrogens (tertiary/aromatic N) is 3. The number of aromatic nitrogens is 3. The quantitative estimate of drug-likeness (QED) is 0.903. The van der Waals surface area contributed by atoms with Gasteiger partial charge >= 0.3 is 0 Å². The van der Waals surface area contributed by atoms with Gasteiger partial charge in [-0.2, -0.15) is 0 Å². The second kappa shape index (κ2) is 7.34. The van der Waals surface area contributed by atoms with Gasteiger partial charge in [-0.05, 0) is 36.5 Å². The van der Waals surface area contributed by atoms with Crippen molar-refractivity contribution in [2.45, 2.75) is 52.0 Å². The maximum Gasteiger partial charge on any atom is 0.251 e. The van der Waals surface area contributed by atoms with Crippen LogP contribution in [0.5, 0.6) is 0 Å². The van der Waals surface area contributed by atoms with Crippen LogP contribution in [0, 0.1) is 0 Å². The van der Waals surface area contributed by atoms with Crippen molar-refractivity contribution < 1.29 is 4.79 Å². The van der Waals surface area contributed by atoms with Gasteiger partial charge in [-0.3, -0.25) is 4.79 Å². The van der Waals surface area contributed by atoms with Gasteiger partial charge in [-0.1, -0.05) is 31.5 Å². The van der Waals surface area contributed by atoms with Crippen molar-refractivity contribution in [1.82, 2.24) is 20.1 Å². The summed E-state index contributed by atoms with van der Waals surface area (Å²) < 4.78 is 2.18. The number of halogens is 1. The molecule has 0 fully saturated rings. The van der Waals surface area contributed by atoms with E-state index < -0.39 is 0 Å². The predicted molar refractivity (Wildman–Crippen MR) is 94.5 cm³/mol. The van der Waals surface area contributed by atoms with Crippen LogP contribution in [0.4, 0.5) is 0 Å². The fourth-order valence-electron chi connectivity index (χ4n) is 3.08.